The van der Waals surface area contributed by atoms with E-state index < -0.39 is 0 Å². The molecule has 0 saturated carbocycles. The first-order chi connectivity index (χ1) is 16.7. The number of phenolic OH excluding ortho intramolecular Hbond substituents is 1. The molecule has 5 heteroatoms. The fraction of sp³-hybridized carbons (Fsp3) is 0.267. The molecule has 6 rings (SSSR count). The van der Waals surface area contributed by atoms with Gasteiger partial charge in [0.05, 0.1) is 0 Å². The van der Waals surface area contributed by atoms with Gasteiger partial charge >= 0.3 is 0 Å². The van der Waals surface area contributed by atoms with Crippen LogP contribution in [0.1, 0.15) is 44.4 Å². The van der Waals surface area contributed by atoms with E-state index in [0.717, 1.165) is 10.9 Å². The molecule has 35 heavy (non-hydrogen) atoms. The van der Waals surface area contributed by atoms with Crippen molar-refractivity contribution >= 4 is 16.8 Å². The van der Waals surface area contributed by atoms with Crippen LogP contribution in [0.4, 0.5) is 0 Å². The highest BCUT2D eigenvalue weighted by molar-refractivity contribution is 5.96. The number of rotatable bonds is 3. The lowest BCUT2D eigenvalue weighted by Gasteiger charge is -2.48. The second-order valence-corrected chi connectivity index (χ2v) is 10.5. The highest BCUT2D eigenvalue weighted by Gasteiger charge is 2.55. The van der Waals surface area contributed by atoms with Crippen molar-refractivity contribution in [2.75, 3.05) is 0 Å². The molecule has 3 aromatic carbocycles. The lowest BCUT2D eigenvalue weighted by Crippen LogP contribution is -2.54. The van der Waals surface area contributed by atoms with E-state index in [1.165, 1.54) is 11.1 Å². The summed E-state index contributed by atoms with van der Waals surface area (Å²) < 4.78 is 12.6. The van der Waals surface area contributed by atoms with Crippen LogP contribution in [0.3, 0.4) is 0 Å². The molecule has 1 aliphatic carbocycles. The van der Waals surface area contributed by atoms with Crippen molar-refractivity contribution < 1.29 is 14.6 Å². The van der Waals surface area contributed by atoms with Crippen molar-refractivity contribution in [1.29, 1.82) is 0 Å². The van der Waals surface area contributed by atoms with Gasteiger partial charge in [-0.3, -0.25) is 0 Å². The first kappa shape index (κ1) is 21.7. The summed E-state index contributed by atoms with van der Waals surface area (Å²) in [5.74, 6) is 1.82. The Hall–Kier alpha value is -3.86. The van der Waals surface area contributed by atoms with Gasteiger partial charge in [-0.15, -0.1) is 0 Å². The van der Waals surface area contributed by atoms with E-state index in [1.807, 2.05) is 36.4 Å². The van der Waals surface area contributed by atoms with Crippen molar-refractivity contribution in [3.63, 3.8) is 0 Å². The standard InChI is InChI=1S/C30H28N2O3/c1-29(2)21-12-5-6-13-22(21)30(3,4)27-26(29)32-28(35-27)19-10-7-11-20(17-19)34-24-16-15-18-9-8-14-23(33)25(18)31-24/h5-17,26-27,33H,1-4H3/t26-,27?/m1/s1. The molecule has 0 saturated heterocycles. The van der Waals surface area contributed by atoms with Crippen molar-refractivity contribution in [3.8, 4) is 17.4 Å². The van der Waals surface area contributed by atoms with Gasteiger partial charge in [-0.05, 0) is 41.5 Å². The Morgan fingerprint density at radius 1 is 0.829 bits per heavy atom. The molecule has 2 aliphatic rings. The van der Waals surface area contributed by atoms with Gasteiger partial charge in [0.25, 0.3) is 0 Å². The third-order valence-electron chi connectivity index (χ3n) is 7.52. The molecule has 2 heterocycles. The van der Waals surface area contributed by atoms with Crippen LogP contribution >= 0.6 is 0 Å². The van der Waals surface area contributed by atoms with Crippen LogP contribution in [-0.4, -0.2) is 28.1 Å². The largest absolute Gasteiger partial charge is 0.506 e. The van der Waals surface area contributed by atoms with Gasteiger partial charge in [0.1, 0.15) is 29.2 Å². The van der Waals surface area contributed by atoms with Gasteiger partial charge in [0, 0.05) is 27.8 Å². The fourth-order valence-corrected chi connectivity index (χ4v) is 5.54. The predicted molar refractivity (Wildman–Crippen MR) is 138 cm³/mol. The van der Waals surface area contributed by atoms with Gasteiger partial charge in [0.2, 0.25) is 11.8 Å². The molecular formula is C30H28N2O3. The zero-order valence-electron chi connectivity index (χ0n) is 20.3. The minimum atomic E-state index is -0.173. The Bertz CT molecular complexity index is 1490. The van der Waals surface area contributed by atoms with Crippen LogP contribution in [0.2, 0.25) is 0 Å². The molecule has 0 amide bonds. The maximum atomic E-state index is 10.2. The maximum absolute atomic E-state index is 10.2. The van der Waals surface area contributed by atoms with Gasteiger partial charge in [-0.25, -0.2) is 9.98 Å². The molecule has 1 aliphatic heterocycles. The second-order valence-electron chi connectivity index (χ2n) is 10.5. The van der Waals surface area contributed by atoms with Crippen LogP contribution in [0, 0.1) is 0 Å². The Balaban J connectivity index is 1.32. The third kappa shape index (κ3) is 3.37. The molecule has 2 atom stereocenters. The van der Waals surface area contributed by atoms with Crippen LogP contribution < -0.4 is 4.74 Å². The Kier molecular flexibility index (Phi) is 4.69. The summed E-state index contributed by atoms with van der Waals surface area (Å²) in [5.41, 5.74) is 3.72. The normalized spacial score (nSPS) is 21.5. The van der Waals surface area contributed by atoms with Crippen molar-refractivity contribution in [2.24, 2.45) is 4.99 Å². The lowest BCUT2D eigenvalue weighted by molar-refractivity contribution is 0.0759. The number of phenols is 1. The number of hydrogen-bond donors (Lipinski definition) is 1. The SMILES string of the molecule is CC1(C)c2ccccc2C(C)(C)[C@@H]2N=C(c3cccc(Oc4ccc5cccc(O)c5n4)c3)OC21. The van der Waals surface area contributed by atoms with Gasteiger partial charge < -0.3 is 14.6 Å². The Morgan fingerprint density at radius 2 is 1.57 bits per heavy atom. The second kappa shape index (κ2) is 7.57. The maximum Gasteiger partial charge on any atom is 0.219 e. The van der Waals surface area contributed by atoms with Crippen molar-refractivity contribution in [3.05, 3.63) is 95.6 Å². The number of para-hydroxylation sites is 1. The quantitative estimate of drug-likeness (QED) is 0.375. The summed E-state index contributed by atoms with van der Waals surface area (Å²) in [5, 5.41) is 11.0. The van der Waals surface area contributed by atoms with E-state index in [2.05, 4.69) is 56.9 Å². The number of fused-ring (bicyclic) bond motifs is 3. The first-order valence-corrected chi connectivity index (χ1v) is 12.0. The molecule has 176 valence electrons. The summed E-state index contributed by atoms with van der Waals surface area (Å²) in [6.07, 6.45) is -0.0582. The Labute approximate surface area is 205 Å². The number of aromatic hydroxyl groups is 1. The highest BCUT2D eigenvalue weighted by atomic mass is 16.5. The van der Waals surface area contributed by atoms with Crippen molar-refractivity contribution in [1.82, 2.24) is 4.98 Å². The summed E-state index contributed by atoms with van der Waals surface area (Å²) in [7, 11) is 0. The van der Waals surface area contributed by atoms with E-state index in [1.54, 1.807) is 18.2 Å². The molecule has 0 spiro atoms. The number of pyridine rings is 1. The number of hydrogen-bond acceptors (Lipinski definition) is 5. The average Bonchev–Trinajstić information content (AvgIpc) is 3.32. The minimum Gasteiger partial charge on any atom is -0.506 e. The summed E-state index contributed by atoms with van der Waals surface area (Å²) in [4.78, 5) is 9.60. The van der Waals surface area contributed by atoms with E-state index >= 15 is 0 Å². The Morgan fingerprint density at radius 3 is 2.37 bits per heavy atom. The van der Waals surface area contributed by atoms with E-state index in [-0.39, 0.29) is 28.7 Å². The molecule has 0 fully saturated rings. The van der Waals surface area contributed by atoms with Crippen molar-refractivity contribution in [2.45, 2.75) is 50.7 Å². The van der Waals surface area contributed by atoms with Crippen LogP contribution in [0.15, 0.2) is 83.9 Å². The zero-order chi connectivity index (χ0) is 24.4. The molecule has 5 nitrogen and oxygen atoms in total. The highest BCUT2D eigenvalue weighted by Crippen LogP contribution is 2.50. The number of aliphatic imine (C=N–C) groups is 1. The van der Waals surface area contributed by atoms with Gasteiger partial charge in [0.15, 0.2) is 0 Å². The molecule has 1 N–H and O–H groups in total. The molecule has 4 aromatic rings. The third-order valence-corrected chi connectivity index (χ3v) is 7.52. The number of benzene rings is 3. The summed E-state index contributed by atoms with van der Waals surface area (Å²) in [6.45, 7) is 9.01. The molecule has 0 bridgehead atoms. The molecule has 1 aromatic heterocycles. The van der Waals surface area contributed by atoms with Crippen LogP contribution in [0.25, 0.3) is 10.9 Å². The van der Waals surface area contributed by atoms with Gasteiger partial charge in [-0.1, -0.05) is 70.2 Å². The monoisotopic (exact) mass is 464 g/mol. The summed E-state index contributed by atoms with van der Waals surface area (Å²) >= 11 is 0. The van der Waals surface area contributed by atoms with Crippen LogP contribution in [-0.2, 0) is 15.6 Å². The molecule has 1 unspecified atom stereocenters. The van der Waals surface area contributed by atoms with Crippen LogP contribution in [0.5, 0.6) is 17.4 Å². The topological polar surface area (TPSA) is 63.9 Å². The zero-order valence-corrected chi connectivity index (χ0v) is 20.3. The first-order valence-electron chi connectivity index (χ1n) is 12.0. The number of aromatic nitrogens is 1. The summed E-state index contributed by atoms with van der Waals surface area (Å²) in [6, 6.07) is 25.4. The fourth-order valence-electron chi connectivity index (χ4n) is 5.54. The van der Waals surface area contributed by atoms with E-state index in [0.29, 0.717) is 23.0 Å². The predicted octanol–water partition coefficient (Wildman–Crippen LogP) is 6.52. The molecular weight excluding hydrogens is 436 g/mol. The van der Waals surface area contributed by atoms with E-state index in [9.17, 15) is 5.11 Å². The lowest BCUT2D eigenvalue weighted by atomic mass is 9.59. The average molecular weight is 465 g/mol. The number of ether oxygens (including phenoxy) is 2. The number of nitrogens with zero attached hydrogens (tertiary/aromatic N) is 2. The van der Waals surface area contributed by atoms with E-state index in [4.69, 9.17) is 14.5 Å². The van der Waals surface area contributed by atoms with Gasteiger partial charge in [-0.2, -0.15) is 0 Å². The minimum absolute atomic E-state index is 0.0112. The smallest absolute Gasteiger partial charge is 0.219 e. The molecule has 0 radical (unpaired) electrons.